The summed E-state index contributed by atoms with van der Waals surface area (Å²) < 4.78 is 10.6. The Morgan fingerprint density at radius 1 is 0.815 bits per heavy atom. The van der Waals surface area contributed by atoms with Crippen LogP contribution in [0.1, 0.15) is 22.3 Å². The Labute approximate surface area is 178 Å². The Morgan fingerprint density at radius 3 is 1.67 bits per heavy atom. The van der Waals surface area contributed by atoms with Gasteiger partial charge in [0.25, 0.3) is 0 Å². The third kappa shape index (κ3) is 7.31. The quantitative estimate of drug-likeness (QED) is 0.481. The molecule has 2 aromatic carbocycles. The van der Waals surface area contributed by atoms with Crippen molar-refractivity contribution in [2.24, 2.45) is 0 Å². The molecular weight excluding hydrogens is 451 g/mol. The molecule has 27 heavy (non-hydrogen) atoms. The maximum absolute atomic E-state index is 8.42. The Balaban J connectivity index is 0.000000271. The number of nitrogens with zero attached hydrogens (tertiary/aromatic N) is 2. The van der Waals surface area contributed by atoms with Crippen LogP contribution in [0.25, 0.3) is 0 Å². The van der Waals surface area contributed by atoms with E-state index in [2.05, 4.69) is 15.9 Å². The van der Waals surface area contributed by atoms with Crippen LogP contribution >= 0.6 is 39.1 Å². The van der Waals surface area contributed by atoms with Crippen molar-refractivity contribution in [3.63, 3.8) is 0 Å². The highest BCUT2D eigenvalue weighted by molar-refractivity contribution is 9.08. The predicted molar refractivity (Wildman–Crippen MR) is 112 cm³/mol. The fraction of sp³-hybridized carbons (Fsp3) is 0.300. The molecule has 0 amide bonds. The Hall–Kier alpha value is -1.92. The second-order valence-electron chi connectivity index (χ2n) is 5.61. The molecule has 0 fully saturated rings. The lowest BCUT2D eigenvalue weighted by molar-refractivity contribution is 0.362. The van der Waals surface area contributed by atoms with Crippen molar-refractivity contribution in [1.82, 2.24) is 0 Å². The summed E-state index contributed by atoms with van der Waals surface area (Å²) >= 11 is 15.1. The van der Waals surface area contributed by atoms with E-state index in [0.29, 0.717) is 15.4 Å². The van der Waals surface area contributed by atoms with Crippen molar-refractivity contribution >= 4 is 39.1 Å². The van der Waals surface area contributed by atoms with E-state index in [-0.39, 0.29) is 13.2 Å². The third-order valence-electron chi connectivity index (χ3n) is 3.45. The van der Waals surface area contributed by atoms with Gasteiger partial charge in [0.05, 0.1) is 0 Å². The molecule has 0 aliphatic heterocycles. The maximum atomic E-state index is 8.42. The van der Waals surface area contributed by atoms with Gasteiger partial charge < -0.3 is 9.47 Å². The molecule has 142 valence electrons. The molecule has 2 aromatic rings. The zero-order chi connectivity index (χ0) is 20.4. The molecule has 0 saturated heterocycles. The molecule has 0 saturated carbocycles. The minimum atomic E-state index is 0.0580. The molecule has 0 N–H and O–H groups in total. The van der Waals surface area contributed by atoms with Crippen LogP contribution in [0.3, 0.4) is 0 Å². The molecule has 0 aliphatic carbocycles. The first-order valence-electron chi connectivity index (χ1n) is 7.95. The third-order valence-corrected chi connectivity index (χ3v) is 4.49. The van der Waals surface area contributed by atoms with E-state index in [9.17, 15) is 0 Å². The largest absolute Gasteiger partial charge is 0.478 e. The van der Waals surface area contributed by atoms with Crippen molar-refractivity contribution in [3.8, 4) is 23.6 Å². The smallest absolute Gasteiger partial charge is 0.174 e. The first-order valence-corrected chi connectivity index (χ1v) is 9.83. The van der Waals surface area contributed by atoms with Crippen LogP contribution in [-0.2, 0) is 5.33 Å². The lowest BCUT2D eigenvalue weighted by Crippen LogP contribution is -1.99. The number of hydrogen-bond acceptors (Lipinski definition) is 4. The lowest BCUT2D eigenvalue weighted by Gasteiger charge is -2.10. The first-order chi connectivity index (χ1) is 12.8. The van der Waals surface area contributed by atoms with Gasteiger partial charge in [-0.2, -0.15) is 10.5 Å². The van der Waals surface area contributed by atoms with Crippen LogP contribution in [0.2, 0.25) is 10.0 Å². The predicted octanol–water partition coefficient (Wildman–Crippen LogP) is 6.30. The van der Waals surface area contributed by atoms with Crippen molar-refractivity contribution < 1.29 is 9.47 Å². The molecule has 0 radical (unpaired) electrons. The number of halogens is 3. The number of benzene rings is 2. The molecular formula is C20H19BrCl2N2O2. The second kappa shape index (κ2) is 11.7. The normalized spacial score (nSPS) is 9.48. The molecule has 0 aliphatic rings. The van der Waals surface area contributed by atoms with Gasteiger partial charge in [0, 0.05) is 20.9 Å². The van der Waals surface area contributed by atoms with E-state index in [1.165, 1.54) is 0 Å². The summed E-state index contributed by atoms with van der Waals surface area (Å²) in [5.41, 5.74) is 3.83. The number of nitriles is 2. The van der Waals surface area contributed by atoms with Gasteiger partial charge >= 0.3 is 0 Å². The summed E-state index contributed by atoms with van der Waals surface area (Å²) in [5.74, 6) is 1.50. The fourth-order valence-corrected chi connectivity index (χ4v) is 3.48. The SMILES string of the molecule is Cc1cc(Cl)cc(C)c1OCC#N.Cc1cc(Cl)cc(CBr)c1OCC#N. The van der Waals surface area contributed by atoms with E-state index in [1.54, 1.807) is 0 Å². The van der Waals surface area contributed by atoms with Gasteiger partial charge in [-0.1, -0.05) is 39.1 Å². The summed E-state index contributed by atoms with van der Waals surface area (Å²) in [7, 11) is 0. The summed E-state index contributed by atoms with van der Waals surface area (Å²) in [6.45, 7) is 5.85. The average Bonchev–Trinajstić information content (AvgIpc) is 2.60. The molecule has 0 unspecified atom stereocenters. The van der Waals surface area contributed by atoms with E-state index in [4.69, 9.17) is 43.2 Å². The molecule has 0 aromatic heterocycles. The summed E-state index contributed by atoms with van der Waals surface area (Å²) in [4.78, 5) is 0. The topological polar surface area (TPSA) is 66.0 Å². The van der Waals surface area contributed by atoms with Crippen LogP contribution in [-0.4, -0.2) is 13.2 Å². The van der Waals surface area contributed by atoms with Crippen molar-refractivity contribution in [1.29, 1.82) is 10.5 Å². The average molecular weight is 470 g/mol. The Kier molecular flexibility index (Phi) is 10.0. The number of aryl methyl sites for hydroxylation is 3. The zero-order valence-corrected chi connectivity index (χ0v) is 18.4. The van der Waals surface area contributed by atoms with E-state index in [1.807, 2.05) is 57.2 Å². The van der Waals surface area contributed by atoms with Crippen LogP contribution in [0.5, 0.6) is 11.5 Å². The molecule has 0 heterocycles. The number of hydrogen-bond donors (Lipinski definition) is 0. The molecule has 2 rings (SSSR count). The fourth-order valence-electron chi connectivity index (χ4n) is 2.44. The summed E-state index contributed by atoms with van der Waals surface area (Å²) in [5, 5.41) is 18.8. The van der Waals surface area contributed by atoms with Gasteiger partial charge in [-0.25, -0.2) is 0 Å². The van der Waals surface area contributed by atoms with Gasteiger partial charge in [0.2, 0.25) is 0 Å². The van der Waals surface area contributed by atoms with Crippen molar-refractivity contribution in [3.05, 3.63) is 56.6 Å². The van der Waals surface area contributed by atoms with Crippen LogP contribution in [0.4, 0.5) is 0 Å². The van der Waals surface area contributed by atoms with Crippen LogP contribution in [0.15, 0.2) is 24.3 Å². The summed E-state index contributed by atoms with van der Waals surface area (Å²) in [6.07, 6.45) is 0. The molecule has 0 atom stereocenters. The molecule has 0 spiro atoms. The molecule has 4 nitrogen and oxygen atoms in total. The second-order valence-corrected chi connectivity index (χ2v) is 7.04. The molecule has 7 heteroatoms. The Morgan fingerprint density at radius 2 is 1.22 bits per heavy atom. The Bertz CT molecular complexity index is 851. The number of rotatable bonds is 5. The summed E-state index contributed by atoms with van der Waals surface area (Å²) in [6, 6.07) is 11.2. The van der Waals surface area contributed by atoms with Crippen molar-refractivity contribution in [2.45, 2.75) is 26.1 Å². The minimum Gasteiger partial charge on any atom is -0.478 e. The monoisotopic (exact) mass is 468 g/mol. The highest BCUT2D eigenvalue weighted by atomic mass is 79.9. The van der Waals surface area contributed by atoms with Gasteiger partial charge in [-0.3, -0.25) is 0 Å². The number of ether oxygens (including phenoxy) is 2. The zero-order valence-electron chi connectivity index (χ0n) is 15.3. The van der Waals surface area contributed by atoms with Gasteiger partial charge in [0.1, 0.15) is 23.6 Å². The van der Waals surface area contributed by atoms with E-state index >= 15 is 0 Å². The lowest BCUT2D eigenvalue weighted by atomic mass is 10.1. The maximum Gasteiger partial charge on any atom is 0.174 e. The van der Waals surface area contributed by atoms with Gasteiger partial charge in [-0.15, -0.1) is 0 Å². The van der Waals surface area contributed by atoms with Crippen LogP contribution in [0, 0.1) is 43.4 Å². The van der Waals surface area contributed by atoms with Crippen LogP contribution < -0.4 is 9.47 Å². The minimum absolute atomic E-state index is 0.0580. The van der Waals surface area contributed by atoms with E-state index in [0.717, 1.165) is 33.8 Å². The highest BCUT2D eigenvalue weighted by Gasteiger charge is 2.08. The van der Waals surface area contributed by atoms with E-state index < -0.39 is 0 Å². The van der Waals surface area contributed by atoms with Gasteiger partial charge in [-0.05, 0) is 61.7 Å². The first kappa shape index (κ1) is 23.1. The molecule has 0 bridgehead atoms. The number of alkyl halides is 1. The standard InChI is InChI=1S/C10H9BrClNO.C10H10ClNO/c1-7-4-9(12)5-8(6-11)10(7)14-3-2-13;1-7-5-9(11)6-8(2)10(7)13-4-3-12/h4-5H,3,6H2,1H3;5-6H,4H2,1-2H3. The van der Waals surface area contributed by atoms with Gasteiger partial charge in [0.15, 0.2) is 13.2 Å². The highest BCUT2D eigenvalue weighted by Crippen LogP contribution is 2.29. The van der Waals surface area contributed by atoms with Crippen molar-refractivity contribution in [2.75, 3.05) is 13.2 Å².